The van der Waals surface area contributed by atoms with Crippen molar-refractivity contribution in [2.24, 2.45) is 0 Å². The molecule has 0 aromatic carbocycles. The zero-order chi connectivity index (χ0) is 14.1. The van der Waals surface area contributed by atoms with Gasteiger partial charge in [0.25, 0.3) is 11.5 Å². The van der Waals surface area contributed by atoms with Gasteiger partial charge >= 0.3 is 0 Å². The third-order valence-corrected chi connectivity index (χ3v) is 3.87. The molecule has 0 fully saturated rings. The Kier molecular flexibility index (Phi) is 3.22. The lowest BCUT2D eigenvalue weighted by Gasteiger charge is -2.10. The van der Waals surface area contributed by atoms with E-state index in [0.29, 0.717) is 17.5 Å². The van der Waals surface area contributed by atoms with Crippen LogP contribution in [0.4, 0.5) is 0 Å². The maximum absolute atomic E-state index is 12.2. The fraction of sp³-hybridized carbons (Fsp3) is 0.400. The van der Waals surface area contributed by atoms with E-state index in [1.807, 2.05) is 0 Å². The van der Waals surface area contributed by atoms with Gasteiger partial charge in [-0.1, -0.05) is 17.0 Å². The Morgan fingerprint density at radius 3 is 3.20 bits per heavy atom. The van der Waals surface area contributed by atoms with Crippen LogP contribution < -0.4 is 10.9 Å². The first kappa shape index (κ1) is 12.8. The predicted octanol–water partition coefficient (Wildman–Crippen LogP) is -0.647. The minimum absolute atomic E-state index is 0.0200. The van der Waals surface area contributed by atoms with Crippen LogP contribution >= 0.6 is 11.8 Å². The van der Waals surface area contributed by atoms with Gasteiger partial charge in [0.2, 0.25) is 0 Å². The zero-order valence-corrected chi connectivity index (χ0v) is 11.3. The van der Waals surface area contributed by atoms with E-state index in [4.69, 9.17) is 0 Å². The molecule has 104 valence electrons. The first-order valence-corrected chi connectivity index (χ1v) is 6.92. The minimum Gasteiger partial charge on any atom is -0.342 e. The number of nitrogens with zero attached hydrogens (tertiary/aromatic N) is 5. The Labute approximate surface area is 117 Å². The molecular formula is C10H11N7O2S. The predicted molar refractivity (Wildman–Crippen MR) is 69.3 cm³/mol. The molecule has 0 saturated heterocycles. The van der Waals surface area contributed by atoms with Gasteiger partial charge in [-0.3, -0.25) is 14.2 Å². The maximum atomic E-state index is 12.2. The van der Waals surface area contributed by atoms with E-state index in [0.717, 1.165) is 5.75 Å². The molecule has 2 aromatic heterocycles. The minimum atomic E-state index is -0.494. The van der Waals surface area contributed by atoms with Crippen molar-refractivity contribution in [2.45, 2.75) is 24.7 Å². The van der Waals surface area contributed by atoms with Crippen molar-refractivity contribution in [3.05, 3.63) is 27.9 Å². The Balaban J connectivity index is 1.83. The summed E-state index contributed by atoms with van der Waals surface area (Å²) < 4.78 is 1.51. The van der Waals surface area contributed by atoms with Crippen molar-refractivity contribution in [3.8, 4) is 0 Å². The van der Waals surface area contributed by atoms with Gasteiger partial charge in [-0.25, -0.2) is 4.98 Å². The van der Waals surface area contributed by atoms with E-state index in [1.54, 1.807) is 6.92 Å². The Morgan fingerprint density at radius 2 is 2.45 bits per heavy atom. The molecule has 0 saturated carbocycles. The molecule has 1 atom stereocenters. The monoisotopic (exact) mass is 293 g/mol. The average molecular weight is 293 g/mol. The topological polar surface area (TPSA) is 118 Å². The first-order valence-electron chi connectivity index (χ1n) is 5.93. The van der Waals surface area contributed by atoms with Crippen molar-refractivity contribution >= 4 is 17.7 Å². The molecule has 0 bridgehead atoms. The summed E-state index contributed by atoms with van der Waals surface area (Å²) in [6.07, 6.45) is 1.31. The van der Waals surface area contributed by atoms with Gasteiger partial charge < -0.3 is 5.32 Å². The molecule has 3 rings (SSSR count). The standard InChI is InChI=1S/C10H11N7O2S/c1-5(7-13-15-16-14-7)12-8(18)6-4-11-10-17(9(6)19)2-3-20-10/h4-5H,2-3H2,1H3,(H,12,18)(H,13,14,15,16). The van der Waals surface area contributed by atoms with E-state index >= 15 is 0 Å². The molecule has 2 aromatic rings. The number of rotatable bonds is 3. The van der Waals surface area contributed by atoms with Gasteiger partial charge in [0, 0.05) is 18.5 Å². The highest BCUT2D eigenvalue weighted by Crippen LogP contribution is 2.20. The van der Waals surface area contributed by atoms with Crippen LogP contribution in [0.15, 0.2) is 16.1 Å². The second kappa shape index (κ2) is 5.04. The molecule has 1 aliphatic heterocycles. The van der Waals surface area contributed by atoms with E-state index in [-0.39, 0.29) is 11.1 Å². The second-order valence-corrected chi connectivity index (χ2v) is 5.29. The van der Waals surface area contributed by atoms with Crippen molar-refractivity contribution in [2.75, 3.05) is 5.75 Å². The van der Waals surface area contributed by atoms with Crippen LogP contribution in [0.5, 0.6) is 0 Å². The first-order chi connectivity index (χ1) is 9.66. The van der Waals surface area contributed by atoms with Crippen LogP contribution in [-0.4, -0.2) is 41.8 Å². The molecule has 1 amide bonds. The number of H-pyrrole nitrogens is 1. The number of carbonyl (C=O) groups excluding carboxylic acids is 1. The summed E-state index contributed by atoms with van der Waals surface area (Å²) >= 11 is 1.50. The fourth-order valence-corrected chi connectivity index (χ4v) is 2.78. The Bertz CT molecular complexity index is 696. The van der Waals surface area contributed by atoms with Crippen LogP contribution in [0, 0.1) is 0 Å². The highest BCUT2D eigenvalue weighted by Gasteiger charge is 2.22. The molecule has 20 heavy (non-hydrogen) atoms. The molecular weight excluding hydrogens is 282 g/mol. The SMILES string of the molecule is CC(NC(=O)c1cnc2n(c1=O)CCS2)c1nn[nH]n1. The summed E-state index contributed by atoms with van der Waals surface area (Å²) in [6.45, 7) is 2.28. The maximum Gasteiger partial charge on any atom is 0.267 e. The van der Waals surface area contributed by atoms with Crippen molar-refractivity contribution in [1.82, 2.24) is 35.5 Å². The van der Waals surface area contributed by atoms with Crippen molar-refractivity contribution < 1.29 is 4.79 Å². The number of tetrazole rings is 1. The second-order valence-electron chi connectivity index (χ2n) is 4.22. The normalized spacial score (nSPS) is 14.8. The van der Waals surface area contributed by atoms with Gasteiger partial charge in [0.05, 0.1) is 6.04 Å². The summed E-state index contributed by atoms with van der Waals surface area (Å²) in [5.74, 6) is 0.655. The number of aromatic nitrogens is 6. The smallest absolute Gasteiger partial charge is 0.267 e. The van der Waals surface area contributed by atoms with Gasteiger partial charge in [-0.05, 0) is 6.92 Å². The summed E-state index contributed by atoms with van der Waals surface area (Å²) in [7, 11) is 0. The summed E-state index contributed by atoms with van der Waals surface area (Å²) in [6, 6.07) is -0.451. The lowest BCUT2D eigenvalue weighted by atomic mass is 10.2. The number of hydrogen-bond donors (Lipinski definition) is 2. The van der Waals surface area contributed by atoms with Gasteiger partial charge in [0.1, 0.15) is 5.56 Å². The van der Waals surface area contributed by atoms with E-state index in [1.165, 1.54) is 22.5 Å². The third-order valence-electron chi connectivity index (χ3n) is 2.90. The average Bonchev–Trinajstić information content (AvgIpc) is 3.10. The van der Waals surface area contributed by atoms with E-state index < -0.39 is 11.9 Å². The summed E-state index contributed by atoms with van der Waals surface area (Å²) in [5, 5.41) is 16.6. The molecule has 2 N–H and O–H groups in total. The number of thioether (sulfide) groups is 1. The molecule has 3 heterocycles. The van der Waals surface area contributed by atoms with Crippen LogP contribution in [0.25, 0.3) is 0 Å². The highest BCUT2D eigenvalue weighted by atomic mass is 32.2. The lowest BCUT2D eigenvalue weighted by Crippen LogP contribution is -2.35. The molecule has 10 heteroatoms. The number of carbonyl (C=O) groups is 1. The fourth-order valence-electron chi connectivity index (χ4n) is 1.87. The zero-order valence-electron chi connectivity index (χ0n) is 10.5. The molecule has 9 nitrogen and oxygen atoms in total. The number of fused-ring (bicyclic) bond motifs is 1. The van der Waals surface area contributed by atoms with Crippen LogP contribution in [-0.2, 0) is 6.54 Å². The van der Waals surface area contributed by atoms with Crippen molar-refractivity contribution in [3.63, 3.8) is 0 Å². The summed E-state index contributed by atoms with van der Waals surface area (Å²) in [5.41, 5.74) is -0.301. The summed E-state index contributed by atoms with van der Waals surface area (Å²) in [4.78, 5) is 28.4. The molecule has 1 unspecified atom stereocenters. The quantitative estimate of drug-likeness (QED) is 0.722. The Hall–Kier alpha value is -2.23. The molecule has 1 aliphatic rings. The van der Waals surface area contributed by atoms with Crippen molar-refractivity contribution in [1.29, 1.82) is 0 Å². The molecule has 0 radical (unpaired) electrons. The third kappa shape index (κ3) is 2.18. The molecule has 0 aliphatic carbocycles. The lowest BCUT2D eigenvalue weighted by molar-refractivity contribution is 0.0935. The van der Waals surface area contributed by atoms with Crippen LogP contribution in [0.2, 0.25) is 0 Å². The van der Waals surface area contributed by atoms with Gasteiger partial charge in [-0.15, -0.1) is 10.2 Å². The van der Waals surface area contributed by atoms with Gasteiger partial charge in [-0.2, -0.15) is 5.21 Å². The van der Waals surface area contributed by atoms with Gasteiger partial charge in [0.15, 0.2) is 11.0 Å². The van der Waals surface area contributed by atoms with Crippen LogP contribution in [0.3, 0.4) is 0 Å². The van der Waals surface area contributed by atoms with E-state index in [2.05, 4.69) is 30.9 Å². The Morgan fingerprint density at radius 1 is 1.60 bits per heavy atom. The largest absolute Gasteiger partial charge is 0.342 e. The highest BCUT2D eigenvalue weighted by molar-refractivity contribution is 7.99. The molecule has 0 spiro atoms. The van der Waals surface area contributed by atoms with E-state index in [9.17, 15) is 9.59 Å². The van der Waals surface area contributed by atoms with Crippen LogP contribution in [0.1, 0.15) is 29.1 Å². The number of aromatic amines is 1. The number of amides is 1. The number of hydrogen-bond acceptors (Lipinski definition) is 7. The number of nitrogens with one attached hydrogen (secondary N) is 2.